The summed E-state index contributed by atoms with van der Waals surface area (Å²) in [7, 11) is 1.58. The molecule has 0 unspecified atom stereocenters. The maximum absolute atomic E-state index is 14.7. The number of hydrogen-bond acceptors (Lipinski definition) is 8. The molecule has 4 aromatic rings. The highest BCUT2D eigenvalue weighted by molar-refractivity contribution is 6.18. The molecule has 1 saturated carbocycles. The van der Waals surface area contributed by atoms with Crippen LogP contribution >= 0.6 is 0 Å². The van der Waals surface area contributed by atoms with Crippen LogP contribution in [0.4, 0.5) is 20.4 Å². The van der Waals surface area contributed by atoms with E-state index in [0.29, 0.717) is 41.3 Å². The predicted octanol–water partition coefficient (Wildman–Crippen LogP) is 3.66. The van der Waals surface area contributed by atoms with Crippen LogP contribution in [0.1, 0.15) is 23.2 Å². The van der Waals surface area contributed by atoms with Crippen molar-refractivity contribution in [1.29, 1.82) is 5.41 Å². The minimum absolute atomic E-state index is 0.111. The number of benzene rings is 2. The summed E-state index contributed by atoms with van der Waals surface area (Å²) in [4.78, 5) is 15.6. The molecule has 10 heteroatoms. The second-order valence-corrected chi connectivity index (χ2v) is 9.87. The molecule has 0 radical (unpaired) electrons. The number of pyridine rings is 1. The van der Waals surface area contributed by atoms with Gasteiger partial charge >= 0.3 is 0 Å². The third-order valence-electron chi connectivity index (χ3n) is 8.17. The molecule has 194 valence electrons. The minimum Gasteiger partial charge on any atom is -0.494 e. The molecule has 0 bridgehead atoms. The third-order valence-corrected chi connectivity index (χ3v) is 8.17. The van der Waals surface area contributed by atoms with Crippen molar-refractivity contribution >= 4 is 28.3 Å². The summed E-state index contributed by atoms with van der Waals surface area (Å²) < 4.78 is 33.6. The summed E-state index contributed by atoms with van der Waals surface area (Å²) in [5, 5.41) is 9.60. The van der Waals surface area contributed by atoms with Crippen LogP contribution in [0.3, 0.4) is 0 Å². The van der Waals surface area contributed by atoms with Crippen molar-refractivity contribution in [2.24, 2.45) is 17.6 Å². The van der Waals surface area contributed by atoms with E-state index in [0.717, 1.165) is 17.9 Å². The van der Waals surface area contributed by atoms with Gasteiger partial charge in [0.15, 0.2) is 5.82 Å². The van der Waals surface area contributed by atoms with Crippen molar-refractivity contribution < 1.29 is 13.5 Å². The number of rotatable bonds is 6. The van der Waals surface area contributed by atoms with Gasteiger partial charge in [-0.25, -0.2) is 18.7 Å². The smallest absolute Gasteiger partial charge is 0.154 e. The predicted molar refractivity (Wildman–Crippen MR) is 142 cm³/mol. The van der Waals surface area contributed by atoms with Crippen LogP contribution in [0.25, 0.3) is 10.9 Å². The molecule has 38 heavy (non-hydrogen) atoms. The van der Waals surface area contributed by atoms with Gasteiger partial charge in [-0.05, 0) is 48.1 Å². The Hall–Kier alpha value is -4.18. The quantitative estimate of drug-likeness (QED) is 0.335. The summed E-state index contributed by atoms with van der Waals surface area (Å²) in [5.41, 5.74) is 14.1. The van der Waals surface area contributed by atoms with Crippen molar-refractivity contribution in [2.45, 2.75) is 11.8 Å². The Morgan fingerprint density at radius 2 is 2.03 bits per heavy atom. The monoisotopic (exact) mass is 515 g/mol. The molecular formula is C28H27F2N7O. The van der Waals surface area contributed by atoms with E-state index in [2.05, 4.69) is 19.9 Å². The van der Waals surface area contributed by atoms with Gasteiger partial charge in [0.25, 0.3) is 0 Å². The Kier molecular flexibility index (Phi) is 5.71. The first-order valence-electron chi connectivity index (χ1n) is 12.4. The van der Waals surface area contributed by atoms with Crippen LogP contribution in [0.15, 0.2) is 54.9 Å². The fourth-order valence-electron chi connectivity index (χ4n) is 6.26. The standard InChI is InChI=1S/C28H27F2N7O/c1-38-22-7-5-16(17-3-2-9-34-25(17)22)24(32)26-27(33)36-23(12-35-26)37-10-8-18-20(13-37)28(18,14-31)19-6-4-15(29)11-21(19)30/h2-7,9,11-12,18,20,32H,8,10,13-14,31H2,1H3,(H2,33,36)/t18-,20+,28-/m1/s1. The number of nitrogens with one attached hydrogen (secondary N) is 1. The first-order chi connectivity index (χ1) is 18.4. The summed E-state index contributed by atoms with van der Waals surface area (Å²) >= 11 is 0. The number of halogens is 2. The van der Waals surface area contributed by atoms with Crippen LogP contribution < -0.4 is 21.1 Å². The summed E-state index contributed by atoms with van der Waals surface area (Å²) in [6.45, 7) is 1.58. The maximum atomic E-state index is 14.7. The van der Waals surface area contributed by atoms with E-state index in [-0.39, 0.29) is 35.6 Å². The highest BCUT2D eigenvalue weighted by Gasteiger charge is 2.66. The molecule has 5 N–H and O–H groups in total. The lowest BCUT2D eigenvalue weighted by atomic mass is 9.90. The molecule has 0 spiro atoms. The molecule has 1 aliphatic heterocycles. The minimum atomic E-state index is -0.598. The number of nitrogen functional groups attached to an aromatic ring is 1. The van der Waals surface area contributed by atoms with Gasteiger partial charge in [0.2, 0.25) is 0 Å². The molecule has 3 heterocycles. The van der Waals surface area contributed by atoms with Crippen molar-refractivity contribution in [1.82, 2.24) is 15.0 Å². The number of nitrogens with two attached hydrogens (primary N) is 2. The number of hydrogen-bond donors (Lipinski definition) is 3. The average molecular weight is 516 g/mol. The highest BCUT2D eigenvalue weighted by Crippen LogP contribution is 2.63. The van der Waals surface area contributed by atoms with Crippen LogP contribution in [0.5, 0.6) is 5.75 Å². The Bertz CT molecular complexity index is 1580. The van der Waals surface area contributed by atoms with Crippen molar-refractivity contribution in [3.63, 3.8) is 0 Å². The number of fused-ring (bicyclic) bond motifs is 2. The first kappa shape index (κ1) is 24.2. The van der Waals surface area contributed by atoms with Gasteiger partial charge in [-0.1, -0.05) is 12.1 Å². The second kappa shape index (κ2) is 8.98. The van der Waals surface area contributed by atoms with E-state index >= 15 is 0 Å². The summed E-state index contributed by atoms with van der Waals surface area (Å²) in [5.74, 6) is 0.538. The zero-order chi connectivity index (χ0) is 26.6. The number of methoxy groups -OCH3 is 1. The van der Waals surface area contributed by atoms with Gasteiger partial charge in [-0.15, -0.1) is 0 Å². The number of piperidine rings is 1. The van der Waals surface area contributed by atoms with Gasteiger partial charge in [0.1, 0.15) is 34.4 Å². The number of ether oxygens (including phenoxy) is 1. The molecule has 1 saturated heterocycles. The Balaban J connectivity index is 1.26. The molecule has 2 aliphatic rings. The van der Waals surface area contributed by atoms with Gasteiger partial charge in [0.05, 0.1) is 19.0 Å². The van der Waals surface area contributed by atoms with E-state index in [4.69, 9.17) is 21.6 Å². The fourth-order valence-corrected chi connectivity index (χ4v) is 6.26. The molecule has 3 atom stereocenters. The van der Waals surface area contributed by atoms with Gasteiger partial charge < -0.3 is 21.1 Å². The van der Waals surface area contributed by atoms with Crippen LogP contribution in [0.2, 0.25) is 0 Å². The Labute approximate surface area is 218 Å². The number of aromatic nitrogens is 3. The van der Waals surface area contributed by atoms with E-state index in [9.17, 15) is 8.78 Å². The molecule has 2 aromatic carbocycles. The van der Waals surface area contributed by atoms with Crippen molar-refractivity contribution in [2.75, 3.05) is 37.4 Å². The fraction of sp³-hybridized carbons (Fsp3) is 0.286. The van der Waals surface area contributed by atoms with E-state index in [1.807, 2.05) is 6.07 Å². The lowest BCUT2D eigenvalue weighted by molar-refractivity contribution is 0.419. The largest absolute Gasteiger partial charge is 0.494 e. The molecule has 2 fully saturated rings. The Morgan fingerprint density at radius 1 is 1.18 bits per heavy atom. The van der Waals surface area contributed by atoms with Gasteiger partial charge in [-0.2, -0.15) is 0 Å². The SMILES string of the molecule is COc1ccc(C(=N)c2ncc(N3CC[C@@H]4[C@H](C3)[C@@]4(CN)c3ccc(F)cc3F)nc2N)c2cccnc12. The lowest BCUT2D eigenvalue weighted by Gasteiger charge is -2.27. The average Bonchev–Trinajstić information content (AvgIpc) is 3.59. The van der Waals surface area contributed by atoms with Crippen LogP contribution in [0, 0.1) is 28.9 Å². The lowest BCUT2D eigenvalue weighted by Crippen LogP contribution is -2.33. The van der Waals surface area contributed by atoms with Gasteiger partial charge in [0, 0.05) is 48.3 Å². The number of anilines is 2. The maximum Gasteiger partial charge on any atom is 0.154 e. The zero-order valence-electron chi connectivity index (χ0n) is 20.8. The first-order valence-corrected chi connectivity index (χ1v) is 12.4. The molecule has 8 nitrogen and oxygen atoms in total. The molecule has 6 rings (SSSR count). The highest BCUT2D eigenvalue weighted by atomic mass is 19.1. The van der Waals surface area contributed by atoms with Crippen LogP contribution in [-0.2, 0) is 5.41 Å². The molecule has 2 aromatic heterocycles. The zero-order valence-corrected chi connectivity index (χ0v) is 20.8. The molecule has 0 amide bonds. The summed E-state index contributed by atoms with van der Waals surface area (Å²) in [6, 6.07) is 11.0. The normalized spacial score (nSPS) is 22.3. The van der Waals surface area contributed by atoms with E-state index < -0.39 is 17.0 Å². The molecule has 1 aliphatic carbocycles. The second-order valence-electron chi connectivity index (χ2n) is 9.87. The van der Waals surface area contributed by atoms with Crippen molar-refractivity contribution in [3.05, 3.63) is 83.3 Å². The third kappa shape index (κ3) is 3.59. The van der Waals surface area contributed by atoms with E-state index in [1.54, 1.807) is 37.7 Å². The van der Waals surface area contributed by atoms with E-state index in [1.165, 1.54) is 12.1 Å². The summed E-state index contributed by atoms with van der Waals surface area (Å²) in [6.07, 6.45) is 4.09. The van der Waals surface area contributed by atoms with Crippen LogP contribution in [-0.4, -0.2) is 47.4 Å². The Morgan fingerprint density at radius 3 is 2.76 bits per heavy atom. The topological polar surface area (TPSA) is 127 Å². The number of nitrogens with zero attached hydrogens (tertiary/aromatic N) is 4. The van der Waals surface area contributed by atoms with Gasteiger partial charge in [-0.3, -0.25) is 10.4 Å². The molecular weight excluding hydrogens is 488 g/mol. The van der Waals surface area contributed by atoms with Crippen molar-refractivity contribution in [3.8, 4) is 5.75 Å².